The van der Waals surface area contributed by atoms with Crippen molar-refractivity contribution in [1.29, 1.82) is 0 Å². The third-order valence-corrected chi connectivity index (χ3v) is 3.35. The SMILES string of the molecule is COc1cc(C)c(CCN(C)CCCN)cc1OC. The minimum atomic E-state index is 0.750. The Bertz CT molecular complexity index is 394. The number of methoxy groups -OCH3 is 2. The maximum Gasteiger partial charge on any atom is 0.161 e. The van der Waals surface area contributed by atoms with Gasteiger partial charge in [-0.1, -0.05) is 0 Å². The average molecular weight is 266 g/mol. The van der Waals surface area contributed by atoms with Gasteiger partial charge in [-0.25, -0.2) is 0 Å². The molecule has 0 aromatic heterocycles. The minimum absolute atomic E-state index is 0.750. The summed E-state index contributed by atoms with van der Waals surface area (Å²) in [7, 11) is 5.47. The lowest BCUT2D eigenvalue weighted by Crippen LogP contribution is -2.24. The summed E-state index contributed by atoms with van der Waals surface area (Å²) in [6, 6.07) is 4.11. The maximum absolute atomic E-state index is 5.52. The van der Waals surface area contributed by atoms with E-state index in [2.05, 4.69) is 24.9 Å². The Morgan fingerprint density at radius 3 is 2.32 bits per heavy atom. The molecule has 2 N–H and O–H groups in total. The molecule has 0 unspecified atom stereocenters. The first-order chi connectivity index (χ1) is 9.12. The predicted octanol–water partition coefficient (Wildman–Crippen LogP) is 1.84. The van der Waals surface area contributed by atoms with Crippen LogP contribution in [0.2, 0.25) is 0 Å². The van der Waals surface area contributed by atoms with Gasteiger partial charge in [0.25, 0.3) is 0 Å². The second kappa shape index (κ2) is 8.02. The molecule has 4 heteroatoms. The number of hydrogen-bond acceptors (Lipinski definition) is 4. The number of nitrogens with zero attached hydrogens (tertiary/aromatic N) is 1. The van der Waals surface area contributed by atoms with Gasteiger partial charge in [-0.2, -0.15) is 0 Å². The van der Waals surface area contributed by atoms with E-state index in [0.29, 0.717) is 0 Å². The van der Waals surface area contributed by atoms with Crippen LogP contribution in [0.15, 0.2) is 12.1 Å². The van der Waals surface area contributed by atoms with Gasteiger partial charge < -0.3 is 20.1 Å². The van der Waals surface area contributed by atoms with Crippen molar-refractivity contribution >= 4 is 0 Å². The van der Waals surface area contributed by atoms with Crippen molar-refractivity contribution in [2.24, 2.45) is 5.73 Å². The van der Waals surface area contributed by atoms with Crippen LogP contribution in [0.3, 0.4) is 0 Å². The summed E-state index contributed by atoms with van der Waals surface area (Å²) >= 11 is 0. The Hall–Kier alpha value is -1.26. The lowest BCUT2D eigenvalue weighted by atomic mass is 10.0. The zero-order valence-electron chi connectivity index (χ0n) is 12.5. The molecule has 1 aromatic rings. The summed E-state index contributed by atoms with van der Waals surface area (Å²) in [5, 5.41) is 0. The van der Waals surface area contributed by atoms with Crippen LogP contribution < -0.4 is 15.2 Å². The number of nitrogens with two attached hydrogens (primary N) is 1. The Morgan fingerprint density at radius 1 is 1.11 bits per heavy atom. The first-order valence-electron chi connectivity index (χ1n) is 6.72. The van der Waals surface area contributed by atoms with Crippen LogP contribution in [0.25, 0.3) is 0 Å². The highest BCUT2D eigenvalue weighted by atomic mass is 16.5. The monoisotopic (exact) mass is 266 g/mol. The molecule has 4 nitrogen and oxygen atoms in total. The van der Waals surface area contributed by atoms with Crippen LogP contribution in [0.1, 0.15) is 17.5 Å². The van der Waals surface area contributed by atoms with E-state index in [1.165, 1.54) is 11.1 Å². The molecule has 0 fully saturated rings. The molecule has 0 atom stereocenters. The Kier molecular flexibility index (Phi) is 6.67. The molecule has 0 amide bonds. The number of ether oxygens (including phenoxy) is 2. The van der Waals surface area contributed by atoms with Crippen LogP contribution in [0, 0.1) is 6.92 Å². The highest BCUT2D eigenvalue weighted by Crippen LogP contribution is 2.30. The van der Waals surface area contributed by atoms with Gasteiger partial charge in [-0.15, -0.1) is 0 Å². The van der Waals surface area contributed by atoms with Gasteiger partial charge in [0, 0.05) is 6.54 Å². The van der Waals surface area contributed by atoms with E-state index in [0.717, 1.165) is 44.0 Å². The van der Waals surface area contributed by atoms with Gasteiger partial charge in [0.2, 0.25) is 0 Å². The molecule has 0 heterocycles. The van der Waals surface area contributed by atoms with E-state index in [1.54, 1.807) is 14.2 Å². The summed E-state index contributed by atoms with van der Waals surface area (Å²) in [4.78, 5) is 2.31. The van der Waals surface area contributed by atoms with E-state index in [1.807, 2.05) is 6.07 Å². The van der Waals surface area contributed by atoms with Crippen molar-refractivity contribution < 1.29 is 9.47 Å². The Balaban J connectivity index is 2.67. The molecule has 0 saturated heterocycles. The van der Waals surface area contributed by atoms with Gasteiger partial charge in [-0.3, -0.25) is 0 Å². The normalized spacial score (nSPS) is 10.8. The molecule has 0 aliphatic rings. The number of aryl methyl sites for hydroxylation is 1. The maximum atomic E-state index is 5.52. The predicted molar refractivity (Wildman–Crippen MR) is 79.2 cm³/mol. The molecule has 0 spiro atoms. The first-order valence-corrected chi connectivity index (χ1v) is 6.72. The molecule has 0 aliphatic heterocycles. The fraction of sp³-hybridized carbons (Fsp3) is 0.600. The summed E-state index contributed by atoms with van der Waals surface area (Å²) in [5.74, 6) is 1.59. The van der Waals surface area contributed by atoms with Crippen molar-refractivity contribution in [2.45, 2.75) is 19.8 Å². The van der Waals surface area contributed by atoms with Crippen LogP contribution in [0.4, 0.5) is 0 Å². The third-order valence-electron chi connectivity index (χ3n) is 3.35. The average Bonchev–Trinajstić information content (AvgIpc) is 2.43. The molecule has 19 heavy (non-hydrogen) atoms. The van der Waals surface area contributed by atoms with E-state index >= 15 is 0 Å². The molecular weight excluding hydrogens is 240 g/mol. The van der Waals surface area contributed by atoms with E-state index in [4.69, 9.17) is 15.2 Å². The molecule has 0 saturated carbocycles. The van der Waals surface area contributed by atoms with Crippen LogP contribution >= 0.6 is 0 Å². The van der Waals surface area contributed by atoms with Crippen LogP contribution in [-0.4, -0.2) is 45.8 Å². The fourth-order valence-corrected chi connectivity index (χ4v) is 2.08. The van der Waals surface area contributed by atoms with Crippen molar-refractivity contribution in [3.05, 3.63) is 23.3 Å². The molecule has 0 bridgehead atoms. The summed E-state index contributed by atoms with van der Waals surface area (Å²) in [6.45, 7) is 4.93. The van der Waals surface area contributed by atoms with Gasteiger partial charge >= 0.3 is 0 Å². The van der Waals surface area contributed by atoms with Gasteiger partial charge in [0.1, 0.15) is 0 Å². The Morgan fingerprint density at radius 2 is 1.74 bits per heavy atom. The molecule has 108 valence electrons. The minimum Gasteiger partial charge on any atom is -0.493 e. The Labute approximate surface area is 116 Å². The molecule has 1 rings (SSSR count). The quantitative estimate of drug-likeness (QED) is 0.780. The standard InChI is InChI=1S/C15H26N2O2/c1-12-10-14(18-3)15(19-4)11-13(12)6-9-17(2)8-5-7-16/h10-11H,5-9,16H2,1-4H3. The van der Waals surface area contributed by atoms with Crippen molar-refractivity contribution in [2.75, 3.05) is 40.9 Å². The van der Waals surface area contributed by atoms with E-state index < -0.39 is 0 Å². The van der Waals surface area contributed by atoms with Crippen LogP contribution in [0.5, 0.6) is 11.5 Å². The van der Waals surface area contributed by atoms with E-state index in [9.17, 15) is 0 Å². The topological polar surface area (TPSA) is 47.7 Å². The lowest BCUT2D eigenvalue weighted by molar-refractivity contribution is 0.334. The molecule has 0 radical (unpaired) electrons. The van der Waals surface area contributed by atoms with E-state index in [-0.39, 0.29) is 0 Å². The second-order valence-electron chi connectivity index (χ2n) is 4.83. The third kappa shape index (κ3) is 4.73. The second-order valence-corrected chi connectivity index (χ2v) is 4.83. The highest BCUT2D eigenvalue weighted by Gasteiger charge is 2.09. The smallest absolute Gasteiger partial charge is 0.161 e. The summed E-state index contributed by atoms with van der Waals surface area (Å²) in [5.41, 5.74) is 8.06. The number of rotatable bonds is 8. The first kappa shape index (κ1) is 15.8. The van der Waals surface area contributed by atoms with Crippen LogP contribution in [-0.2, 0) is 6.42 Å². The summed E-state index contributed by atoms with van der Waals surface area (Å²) in [6.07, 6.45) is 2.05. The zero-order chi connectivity index (χ0) is 14.3. The van der Waals surface area contributed by atoms with Crippen molar-refractivity contribution in [1.82, 2.24) is 4.90 Å². The number of likely N-dealkylation sites (N-methyl/N-ethyl adjacent to an activating group) is 1. The van der Waals surface area contributed by atoms with Gasteiger partial charge in [0.05, 0.1) is 14.2 Å². The van der Waals surface area contributed by atoms with Crippen molar-refractivity contribution in [3.8, 4) is 11.5 Å². The molecule has 1 aromatic carbocycles. The number of benzene rings is 1. The highest BCUT2D eigenvalue weighted by molar-refractivity contribution is 5.47. The number of hydrogen-bond donors (Lipinski definition) is 1. The fourth-order valence-electron chi connectivity index (χ4n) is 2.08. The van der Waals surface area contributed by atoms with Crippen molar-refractivity contribution in [3.63, 3.8) is 0 Å². The lowest BCUT2D eigenvalue weighted by Gasteiger charge is -2.18. The van der Waals surface area contributed by atoms with Gasteiger partial charge in [-0.05, 0) is 63.2 Å². The molecule has 0 aliphatic carbocycles. The zero-order valence-corrected chi connectivity index (χ0v) is 12.5. The largest absolute Gasteiger partial charge is 0.493 e. The summed E-state index contributed by atoms with van der Waals surface area (Å²) < 4.78 is 10.6. The molecular formula is C15H26N2O2. The van der Waals surface area contributed by atoms with Gasteiger partial charge in [0.15, 0.2) is 11.5 Å².